The van der Waals surface area contributed by atoms with Gasteiger partial charge in [0.05, 0.1) is 39.3 Å². The van der Waals surface area contributed by atoms with Crippen LogP contribution in [-0.4, -0.2) is 24.9 Å². The van der Waals surface area contributed by atoms with Gasteiger partial charge in [0.15, 0.2) is 5.82 Å². The lowest BCUT2D eigenvalue weighted by Crippen LogP contribution is -1.96. The fraction of sp³-hybridized carbons (Fsp3) is 0. The summed E-state index contributed by atoms with van der Waals surface area (Å²) in [7, 11) is 0. The maximum atomic E-state index is 5.19. The Bertz CT molecular complexity index is 2620. The highest BCUT2D eigenvalue weighted by molar-refractivity contribution is 6.04. The Hall–Kier alpha value is -6.59. The van der Waals surface area contributed by atoms with Crippen LogP contribution in [0.25, 0.3) is 89.1 Å². The van der Waals surface area contributed by atoms with Crippen LogP contribution in [0, 0.1) is 0 Å². The van der Waals surface area contributed by atoms with Crippen molar-refractivity contribution in [3.63, 3.8) is 0 Å². The van der Waals surface area contributed by atoms with Gasteiger partial charge in [-0.1, -0.05) is 115 Å². The van der Waals surface area contributed by atoms with Crippen molar-refractivity contribution in [1.29, 1.82) is 0 Å². The lowest BCUT2D eigenvalue weighted by Gasteiger charge is -2.12. The smallest absolute Gasteiger partial charge is 0.160 e. The Morgan fingerprint density at radius 3 is 1.79 bits per heavy atom. The Kier molecular flexibility index (Phi) is 6.72. The summed E-state index contributed by atoms with van der Waals surface area (Å²) in [5.41, 5.74) is 11.3. The molecule has 0 aliphatic heterocycles. The Morgan fingerprint density at radius 2 is 0.979 bits per heavy atom. The molecule has 0 amide bonds. The number of hydrogen-bond donors (Lipinski definition) is 0. The second-order valence-electron chi connectivity index (χ2n) is 11.8. The second-order valence-corrected chi connectivity index (χ2v) is 11.8. The molecule has 0 atom stereocenters. The van der Waals surface area contributed by atoms with E-state index in [1.807, 2.05) is 48.5 Å². The molecule has 5 heteroatoms. The molecule has 0 radical (unpaired) electrons. The topological polar surface area (TPSA) is 64.5 Å². The molecule has 5 aromatic carbocycles. The van der Waals surface area contributed by atoms with E-state index in [0.717, 1.165) is 77.7 Å². The van der Waals surface area contributed by atoms with Gasteiger partial charge in [0.25, 0.3) is 0 Å². The quantitative estimate of drug-likeness (QED) is 0.181. The molecule has 0 unspecified atom stereocenters. The number of rotatable bonds is 5. The zero-order valence-electron chi connectivity index (χ0n) is 25.8. The summed E-state index contributed by atoms with van der Waals surface area (Å²) in [6, 6.07) is 53.9. The minimum Gasteiger partial charge on any atom is -0.255 e. The number of pyridine rings is 3. The van der Waals surface area contributed by atoms with Crippen molar-refractivity contribution in [2.75, 3.05) is 0 Å². The molecule has 0 bridgehead atoms. The predicted molar refractivity (Wildman–Crippen MR) is 195 cm³/mol. The minimum atomic E-state index is 0.670. The molecule has 0 aliphatic rings. The maximum Gasteiger partial charge on any atom is 0.160 e. The molecule has 5 nitrogen and oxygen atoms in total. The molecule has 48 heavy (non-hydrogen) atoms. The first kappa shape index (κ1) is 27.7. The van der Waals surface area contributed by atoms with Gasteiger partial charge in [0, 0.05) is 39.0 Å². The first-order valence-electron chi connectivity index (χ1n) is 15.9. The Morgan fingerprint density at radius 1 is 0.354 bits per heavy atom. The van der Waals surface area contributed by atoms with Crippen molar-refractivity contribution in [2.45, 2.75) is 0 Å². The summed E-state index contributed by atoms with van der Waals surface area (Å²) in [5.74, 6) is 0.670. The third-order valence-corrected chi connectivity index (χ3v) is 8.71. The zero-order valence-corrected chi connectivity index (χ0v) is 25.8. The minimum absolute atomic E-state index is 0.670. The molecule has 9 rings (SSSR count). The van der Waals surface area contributed by atoms with Crippen LogP contribution >= 0.6 is 0 Å². The molecule has 4 heterocycles. The molecular formula is C43H27N5. The normalized spacial score (nSPS) is 11.3. The van der Waals surface area contributed by atoms with E-state index in [9.17, 15) is 0 Å². The molecule has 9 aromatic rings. The van der Waals surface area contributed by atoms with E-state index in [0.29, 0.717) is 5.82 Å². The van der Waals surface area contributed by atoms with Gasteiger partial charge in [0.1, 0.15) is 0 Å². The molecule has 0 saturated heterocycles. The van der Waals surface area contributed by atoms with E-state index >= 15 is 0 Å². The number of fused-ring (bicyclic) bond motifs is 4. The summed E-state index contributed by atoms with van der Waals surface area (Å²) in [6.45, 7) is 0. The van der Waals surface area contributed by atoms with Crippen molar-refractivity contribution < 1.29 is 0 Å². The average molecular weight is 614 g/mol. The molecule has 0 fully saturated rings. The molecule has 0 aliphatic carbocycles. The van der Waals surface area contributed by atoms with Crippen LogP contribution in [0.3, 0.4) is 0 Å². The van der Waals surface area contributed by atoms with Crippen molar-refractivity contribution in [2.24, 2.45) is 0 Å². The van der Waals surface area contributed by atoms with Crippen molar-refractivity contribution in [1.82, 2.24) is 24.9 Å². The van der Waals surface area contributed by atoms with Gasteiger partial charge >= 0.3 is 0 Å². The maximum absolute atomic E-state index is 5.19. The van der Waals surface area contributed by atoms with Gasteiger partial charge in [-0.15, -0.1) is 0 Å². The Labute approximate surface area is 277 Å². The van der Waals surface area contributed by atoms with E-state index in [2.05, 4.69) is 114 Å². The summed E-state index contributed by atoms with van der Waals surface area (Å²) in [5, 5.41) is 3.09. The van der Waals surface area contributed by atoms with E-state index in [4.69, 9.17) is 19.9 Å². The standard InChI is InChI=1S/C43H27N5/c1-2-10-28(11-3-1)31-12-8-14-33(26-31)40-35-16-4-5-17-37(35)47-43(48-40)34-15-9-13-32(27-34)36-23-21-29-19-20-30-22-24-39(38-18-6-7-25-44-38)46-42(30)41(29)45-36/h1-27H. The monoisotopic (exact) mass is 613 g/mol. The summed E-state index contributed by atoms with van der Waals surface area (Å²) in [4.78, 5) is 24.9. The van der Waals surface area contributed by atoms with E-state index in [1.165, 1.54) is 5.56 Å². The van der Waals surface area contributed by atoms with Crippen LogP contribution in [0.2, 0.25) is 0 Å². The molecule has 0 N–H and O–H groups in total. The van der Waals surface area contributed by atoms with Gasteiger partial charge in [-0.05, 0) is 53.6 Å². The van der Waals surface area contributed by atoms with Gasteiger partial charge < -0.3 is 0 Å². The third kappa shape index (κ3) is 5.04. The highest BCUT2D eigenvalue weighted by Gasteiger charge is 2.14. The van der Waals surface area contributed by atoms with Crippen LogP contribution in [0.4, 0.5) is 0 Å². The highest BCUT2D eigenvalue weighted by atomic mass is 14.9. The van der Waals surface area contributed by atoms with Crippen LogP contribution in [0.1, 0.15) is 0 Å². The number of aromatic nitrogens is 5. The number of benzene rings is 5. The predicted octanol–water partition coefficient (Wildman–Crippen LogP) is 10.5. The number of hydrogen-bond acceptors (Lipinski definition) is 5. The number of para-hydroxylation sites is 1. The first-order chi connectivity index (χ1) is 23.8. The molecule has 0 spiro atoms. The van der Waals surface area contributed by atoms with E-state index < -0.39 is 0 Å². The SMILES string of the molecule is c1ccc(-c2cccc(-c3nc(-c4cccc(-c5ccc6ccc7ccc(-c8ccccn8)nc7c6n5)c4)nc4ccccc34)c2)cc1. The van der Waals surface area contributed by atoms with Gasteiger partial charge in [-0.2, -0.15) is 0 Å². The van der Waals surface area contributed by atoms with Crippen LogP contribution in [-0.2, 0) is 0 Å². The first-order valence-corrected chi connectivity index (χ1v) is 15.9. The highest BCUT2D eigenvalue weighted by Crippen LogP contribution is 2.34. The third-order valence-electron chi connectivity index (χ3n) is 8.71. The lowest BCUT2D eigenvalue weighted by molar-refractivity contribution is 1.23. The van der Waals surface area contributed by atoms with Crippen molar-refractivity contribution in [3.8, 4) is 56.4 Å². The van der Waals surface area contributed by atoms with Crippen molar-refractivity contribution in [3.05, 3.63) is 164 Å². The van der Waals surface area contributed by atoms with Crippen LogP contribution < -0.4 is 0 Å². The molecular weight excluding hydrogens is 587 g/mol. The molecule has 0 saturated carbocycles. The average Bonchev–Trinajstić information content (AvgIpc) is 3.18. The van der Waals surface area contributed by atoms with Gasteiger partial charge in [0.2, 0.25) is 0 Å². The van der Waals surface area contributed by atoms with Gasteiger partial charge in [-0.25, -0.2) is 19.9 Å². The second kappa shape index (κ2) is 11.6. The fourth-order valence-electron chi connectivity index (χ4n) is 6.31. The fourth-order valence-corrected chi connectivity index (χ4v) is 6.31. The van der Waals surface area contributed by atoms with E-state index in [-0.39, 0.29) is 0 Å². The van der Waals surface area contributed by atoms with Crippen LogP contribution in [0.5, 0.6) is 0 Å². The summed E-state index contributed by atoms with van der Waals surface area (Å²) >= 11 is 0. The Balaban J connectivity index is 1.15. The van der Waals surface area contributed by atoms with E-state index in [1.54, 1.807) is 6.20 Å². The summed E-state index contributed by atoms with van der Waals surface area (Å²) in [6.07, 6.45) is 1.79. The zero-order chi connectivity index (χ0) is 31.9. The molecule has 4 aromatic heterocycles. The largest absolute Gasteiger partial charge is 0.255 e. The lowest BCUT2D eigenvalue weighted by atomic mass is 9.99. The summed E-state index contributed by atoms with van der Waals surface area (Å²) < 4.78 is 0. The van der Waals surface area contributed by atoms with Crippen molar-refractivity contribution >= 4 is 32.7 Å². The number of nitrogens with zero attached hydrogens (tertiary/aromatic N) is 5. The molecule has 224 valence electrons. The van der Waals surface area contributed by atoms with Crippen LogP contribution in [0.15, 0.2) is 164 Å². The van der Waals surface area contributed by atoms with Gasteiger partial charge in [-0.3, -0.25) is 4.98 Å².